The standard InChI is InChI=1S/C11H18N2O3S/c1-8-4-5-10(12)11(9(8)2)17(14,15)13-6-7-16-3/h4-5,13H,6-7,12H2,1-3H3. The highest BCUT2D eigenvalue weighted by atomic mass is 32.2. The number of hydrogen-bond donors (Lipinski definition) is 2. The number of ether oxygens (including phenoxy) is 1. The summed E-state index contributed by atoms with van der Waals surface area (Å²) in [7, 11) is -2.06. The molecule has 0 saturated carbocycles. The molecule has 1 aromatic carbocycles. The Morgan fingerprint density at radius 1 is 1.35 bits per heavy atom. The van der Waals surface area contributed by atoms with Crippen LogP contribution in [0.4, 0.5) is 5.69 Å². The summed E-state index contributed by atoms with van der Waals surface area (Å²) in [5, 5.41) is 0. The molecule has 0 radical (unpaired) electrons. The Balaban J connectivity index is 3.11. The summed E-state index contributed by atoms with van der Waals surface area (Å²) in [5.74, 6) is 0. The second-order valence-corrected chi connectivity index (χ2v) is 5.52. The van der Waals surface area contributed by atoms with Gasteiger partial charge in [-0.2, -0.15) is 0 Å². The summed E-state index contributed by atoms with van der Waals surface area (Å²) in [5.41, 5.74) is 7.56. The van der Waals surface area contributed by atoms with Crippen LogP contribution in [0.2, 0.25) is 0 Å². The van der Waals surface area contributed by atoms with E-state index in [1.54, 1.807) is 19.1 Å². The van der Waals surface area contributed by atoms with Crippen LogP contribution in [-0.4, -0.2) is 28.7 Å². The molecule has 0 saturated heterocycles. The Labute approximate surface area is 102 Å². The molecule has 0 aliphatic heterocycles. The predicted octanol–water partition coefficient (Wildman–Crippen LogP) is 0.810. The van der Waals surface area contributed by atoms with Crippen LogP contribution < -0.4 is 10.5 Å². The van der Waals surface area contributed by atoms with Gasteiger partial charge in [-0.05, 0) is 31.0 Å². The zero-order valence-corrected chi connectivity index (χ0v) is 11.1. The van der Waals surface area contributed by atoms with Gasteiger partial charge < -0.3 is 10.5 Å². The summed E-state index contributed by atoms with van der Waals surface area (Å²) in [4.78, 5) is 0.161. The fourth-order valence-corrected chi connectivity index (χ4v) is 2.96. The van der Waals surface area contributed by atoms with Crippen LogP contribution in [0.15, 0.2) is 17.0 Å². The fourth-order valence-electron chi connectivity index (χ4n) is 1.52. The zero-order chi connectivity index (χ0) is 13.1. The molecule has 0 aliphatic rings. The molecule has 0 bridgehead atoms. The average molecular weight is 258 g/mol. The zero-order valence-electron chi connectivity index (χ0n) is 10.3. The molecule has 0 aliphatic carbocycles. The van der Waals surface area contributed by atoms with Crippen molar-refractivity contribution in [2.45, 2.75) is 18.7 Å². The van der Waals surface area contributed by atoms with Crippen molar-refractivity contribution in [2.75, 3.05) is 26.0 Å². The molecule has 0 unspecified atom stereocenters. The van der Waals surface area contributed by atoms with E-state index in [4.69, 9.17) is 10.5 Å². The van der Waals surface area contributed by atoms with Crippen LogP contribution in [0.3, 0.4) is 0 Å². The van der Waals surface area contributed by atoms with Gasteiger partial charge in [0.05, 0.1) is 12.3 Å². The third-order valence-electron chi connectivity index (χ3n) is 2.57. The van der Waals surface area contributed by atoms with Gasteiger partial charge in [0, 0.05) is 13.7 Å². The van der Waals surface area contributed by atoms with Gasteiger partial charge in [0.1, 0.15) is 4.90 Å². The van der Waals surface area contributed by atoms with E-state index in [-0.39, 0.29) is 17.1 Å². The average Bonchev–Trinajstić information content (AvgIpc) is 2.24. The summed E-state index contributed by atoms with van der Waals surface area (Å²) in [6.45, 7) is 4.15. The van der Waals surface area contributed by atoms with E-state index >= 15 is 0 Å². The van der Waals surface area contributed by atoms with Crippen LogP contribution in [0.25, 0.3) is 0 Å². The number of aryl methyl sites for hydroxylation is 1. The Bertz CT molecular complexity index is 498. The van der Waals surface area contributed by atoms with Gasteiger partial charge in [0.25, 0.3) is 0 Å². The molecule has 96 valence electrons. The van der Waals surface area contributed by atoms with Crippen LogP contribution in [0.1, 0.15) is 11.1 Å². The highest BCUT2D eigenvalue weighted by molar-refractivity contribution is 7.89. The maximum atomic E-state index is 12.1. The van der Waals surface area contributed by atoms with Crippen LogP contribution in [0, 0.1) is 13.8 Å². The SMILES string of the molecule is COCCNS(=O)(=O)c1c(N)ccc(C)c1C. The molecule has 6 heteroatoms. The van der Waals surface area contributed by atoms with E-state index in [2.05, 4.69) is 4.72 Å². The quantitative estimate of drug-likeness (QED) is 0.605. The van der Waals surface area contributed by atoms with Crippen molar-refractivity contribution in [3.8, 4) is 0 Å². The van der Waals surface area contributed by atoms with Crippen molar-refractivity contribution >= 4 is 15.7 Å². The predicted molar refractivity (Wildman–Crippen MR) is 67.4 cm³/mol. The normalized spacial score (nSPS) is 11.7. The maximum absolute atomic E-state index is 12.1. The molecule has 0 fully saturated rings. The number of sulfonamides is 1. The molecule has 0 amide bonds. The number of methoxy groups -OCH3 is 1. The molecular formula is C11H18N2O3S. The van der Waals surface area contributed by atoms with Crippen molar-refractivity contribution < 1.29 is 13.2 Å². The monoisotopic (exact) mass is 258 g/mol. The van der Waals surface area contributed by atoms with E-state index < -0.39 is 10.0 Å². The largest absolute Gasteiger partial charge is 0.398 e. The first-order valence-electron chi connectivity index (χ1n) is 5.24. The molecule has 0 atom stereocenters. The number of nitrogens with two attached hydrogens (primary N) is 1. The first-order chi connectivity index (χ1) is 7.90. The number of benzene rings is 1. The molecular weight excluding hydrogens is 240 g/mol. The van der Waals surface area contributed by atoms with Gasteiger partial charge in [0.2, 0.25) is 10.0 Å². The summed E-state index contributed by atoms with van der Waals surface area (Å²) in [6, 6.07) is 3.41. The first kappa shape index (κ1) is 14.0. The van der Waals surface area contributed by atoms with Crippen LogP contribution >= 0.6 is 0 Å². The van der Waals surface area contributed by atoms with Crippen molar-refractivity contribution in [1.82, 2.24) is 4.72 Å². The van der Waals surface area contributed by atoms with E-state index in [9.17, 15) is 8.42 Å². The number of rotatable bonds is 5. The fraction of sp³-hybridized carbons (Fsp3) is 0.455. The van der Waals surface area contributed by atoms with Gasteiger partial charge >= 0.3 is 0 Å². The lowest BCUT2D eigenvalue weighted by Gasteiger charge is -2.13. The van der Waals surface area contributed by atoms with E-state index in [0.29, 0.717) is 12.2 Å². The van der Waals surface area contributed by atoms with Crippen molar-refractivity contribution in [2.24, 2.45) is 0 Å². The van der Waals surface area contributed by atoms with Crippen molar-refractivity contribution in [3.63, 3.8) is 0 Å². The van der Waals surface area contributed by atoms with Crippen LogP contribution in [0.5, 0.6) is 0 Å². The highest BCUT2D eigenvalue weighted by Gasteiger charge is 2.20. The van der Waals surface area contributed by atoms with E-state index in [1.807, 2.05) is 6.92 Å². The second-order valence-electron chi connectivity index (χ2n) is 3.82. The smallest absolute Gasteiger partial charge is 0.242 e. The third kappa shape index (κ3) is 3.18. The number of hydrogen-bond acceptors (Lipinski definition) is 4. The highest BCUT2D eigenvalue weighted by Crippen LogP contribution is 2.24. The van der Waals surface area contributed by atoms with E-state index in [0.717, 1.165) is 5.56 Å². The molecule has 17 heavy (non-hydrogen) atoms. The topological polar surface area (TPSA) is 81.4 Å². The Kier molecular flexibility index (Phi) is 4.50. The lowest BCUT2D eigenvalue weighted by Crippen LogP contribution is -2.28. The minimum atomic E-state index is -3.57. The Morgan fingerprint density at radius 3 is 2.59 bits per heavy atom. The molecule has 5 nitrogen and oxygen atoms in total. The maximum Gasteiger partial charge on any atom is 0.242 e. The van der Waals surface area contributed by atoms with Crippen molar-refractivity contribution in [3.05, 3.63) is 23.3 Å². The molecule has 0 heterocycles. The van der Waals surface area contributed by atoms with Crippen molar-refractivity contribution in [1.29, 1.82) is 0 Å². The minimum absolute atomic E-state index is 0.161. The molecule has 0 aromatic heterocycles. The molecule has 0 spiro atoms. The Hall–Kier alpha value is -1.11. The lowest BCUT2D eigenvalue weighted by atomic mass is 10.1. The first-order valence-corrected chi connectivity index (χ1v) is 6.72. The van der Waals surface area contributed by atoms with Gasteiger partial charge in [0.15, 0.2) is 0 Å². The minimum Gasteiger partial charge on any atom is -0.398 e. The van der Waals surface area contributed by atoms with Gasteiger partial charge in [-0.25, -0.2) is 13.1 Å². The molecule has 3 N–H and O–H groups in total. The summed E-state index contributed by atoms with van der Waals surface area (Å²) < 4.78 is 31.4. The van der Waals surface area contributed by atoms with Gasteiger partial charge in [-0.15, -0.1) is 0 Å². The van der Waals surface area contributed by atoms with Gasteiger partial charge in [-0.3, -0.25) is 0 Å². The van der Waals surface area contributed by atoms with Crippen LogP contribution in [-0.2, 0) is 14.8 Å². The molecule has 1 rings (SSSR count). The number of anilines is 1. The van der Waals surface area contributed by atoms with Gasteiger partial charge in [-0.1, -0.05) is 6.07 Å². The lowest BCUT2D eigenvalue weighted by molar-refractivity contribution is 0.204. The number of nitrogens with one attached hydrogen (secondary N) is 1. The summed E-state index contributed by atoms with van der Waals surface area (Å²) in [6.07, 6.45) is 0. The summed E-state index contributed by atoms with van der Waals surface area (Å²) >= 11 is 0. The second kappa shape index (κ2) is 5.48. The number of nitrogen functional groups attached to an aromatic ring is 1. The molecule has 1 aromatic rings. The Morgan fingerprint density at radius 2 is 2.00 bits per heavy atom. The van der Waals surface area contributed by atoms with E-state index in [1.165, 1.54) is 7.11 Å². The third-order valence-corrected chi connectivity index (χ3v) is 4.24.